The van der Waals surface area contributed by atoms with Crippen LogP contribution in [0.5, 0.6) is 0 Å². The molecule has 1 aliphatic rings. The zero-order valence-corrected chi connectivity index (χ0v) is 18.1. The molecule has 0 bridgehead atoms. The molecule has 160 valence electrons. The lowest BCUT2D eigenvalue weighted by atomic mass is 9.79. The van der Waals surface area contributed by atoms with Crippen molar-refractivity contribution in [2.24, 2.45) is 17.8 Å². The Labute approximate surface area is 167 Å². The Morgan fingerprint density at radius 3 is 2.19 bits per heavy atom. The fraction of sp³-hybridized carbons (Fsp3) is 0.957. The van der Waals surface area contributed by atoms with Crippen molar-refractivity contribution in [2.75, 3.05) is 13.2 Å². The van der Waals surface area contributed by atoms with E-state index < -0.39 is 6.16 Å². The Bertz CT molecular complexity index is 369. The molecule has 1 fully saturated rings. The number of ether oxygens (including phenoxy) is 2. The summed E-state index contributed by atoms with van der Waals surface area (Å²) in [6.07, 6.45) is 14.2. The van der Waals surface area contributed by atoms with Crippen LogP contribution in [-0.2, 0) is 9.47 Å². The highest BCUT2D eigenvalue weighted by Gasteiger charge is 2.30. The summed E-state index contributed by atoms with van der Waals surface area (Å²) in [6, 6.07) is 0. The number of hydrogen-bond acceptors (Lipinski definition) is 4. The predicted octanol–water partition coefficient (Wildman–Crippen LogP) is 6.49. The van der Waals surface area contributed by atoms with Crippen molar-refractivity contribution >= 4 is 6.16 Å². The largest absolute Gasteiger partial charge is 0.508 e. The van der Waals surface area contributed by atoms with Gasteiger partial charge in [-0.1, -0.05) is 72.1 Å². The summed E-state index contributed by atoms with van der Waals surface area (Å²) in [7, 11) is 0. The van der Waals surface area contributed by atoms with Gasteiger partial charge >= 0.3 is 6.16 Å². The number of aliphatic hydroxyl groups is 1. The van der Waals surface area contributed by atoms with Gasteiger partial charge in [0.1, 0.15) is 6.10 Å². The van der Waals surface area contributed by atoms with E-state index in [0.29, 0.717) is 25.0 Å². The second kappa shape index (κ2) is 15.2. The lowest BCUT2D eigenvalue weighted by Crippen LogP contribution is -2.32. The Kier molecular flexibility index (Phi) is 13.7. The molecule has 4 nitrogen and oxygen atoms in total. The molecule has 1 saturated carbocycles. The number of carbonyl (C=O) groups is 1. The van der Waals surface area contributed by atoms with Crippen molar-refractivity contribution in [1.29, 1.82) is 0 Å². The SMILES string of the molecule is CC1CCCC(OC(=O)OCCCCCCCCCCO)C(C(C)C)CC1. The van der Waals surface area contributed by atoms with Gasteiger partial charge in [0.2, 0.25) is 0 Å². The van der Waals surface area contributed by atoms with E-state index in [4.69, 9.17) is 14.6 Å². The van der Waals surface area contributed by atoms with Gasteiger partial charge in [-0.25, -0.2) is 4.79 Å². The molecular formula is C23H44O4. The molecule has 27 heavy (non-hydrogen) atoms. The summed E-state index contributed by atoms with van der Waals surface area (Å²) in [5.41, 5.74) is 0. The van der Waals surface area contributed by atoms with Crippen LogP contribution in [0.1, 0.15) is 104 Å². The van der Waals surface area contributed by atoms with Crippen molar-refractivity contribution < 1.29 is 19.4 Å². The number of carbonyl (C=O) groups excluding carboxylic acids is 1. The molecule has 1 rings (SSSR count). The van der Waals surface area contributed by atoms with E-state index in [1.54, 1.807) is 0 Å². The average molecular weight is 385 g/mol. The molecule has 0 saturated heterocycles. The maximum absolute atomic E-state index is 12.1. The van der Waals surface area contributed by atoms with Crippen molar-refractivity contribution in [2.45, 2.75) is 110 Å². The second-order valence-corrected chi connectivity index (χ2v) is 8.83. The van der Waals surface area contributed by atoms with Gasteiger partial charge in [-0.2, -0.15) is 0 Å². The Balaban J connectivity index is 2.15. The van der Waals surface area contributed by atoms with Crippen LogP contribution < -0.4 is 0 Å². The minimum Gasteiger partial charge on any atom is -0.434 e. The first-order valence-corrected chi connectivity index (χ1v) is 11.5. The summed E-state index contributed by atoms with van der Waals surface area (Å²) in [5, 5.41) is 8.74. The molecule has 0 radical (unpaired) electrons. The third-order valence-electron chi connectivity index (χ3n) is 6.03. The van der Waals surface area contributed by atoms with Gasteiger partial charge in [0.15, 0.2) is 0 Å². The average Bonchev–Trinajstić information content (AvgIpc) is 2.61. The van der Waals surface area contributed by atoms with E-state index in [9.17, 15) is 4.79 Å². The van der Waals surface area contributed by atoms with E-state index in [1.165, 1.54) is 38.5 Å². The monoisotopic (exact) mass is 384 g/mol. The normalized spacial score (nSPS) is 23.7. The van der Waals surface area contributed by atoms with E-state index in [-0.39, 0.29) is 6.10 Å². The van der Waals surface area contributed by atoms with Crippen LogP contribution in [0.4, 0.5) is 4.79 Å². The summed E-state index contributed by atoms with van der Waals surface area (Å²) >= 11 is 0. The molecule has 0 amide bonds. The zero-order chi connectivity index (χ0) is 19.9. The maximum Gasteiger partial charge on any atom is 0.508 e. The second-order valence-electron chi connectivity index (χ2n) is 8.83. The van der Waals surface area contributed by atoms with Gasteiger partial charge in [0, 0.05) is 6.61 Å². The quantitative estimate of drug-likeness (QED) is 0.308. The first kappa shape index (κ1) is 24.3. The number of aliphatic hydroxyl groups excluding tert-OH is 1. The minimum atomic E-state index is -0.469. The molecule has 0 heterocycles. The molecule has 0 aromatic carbocycles. The standard InChI is InChI=1S/C23H44O4/c1-19(2)21-16-15-20(3)13-12-14-22(21)27-23(25)26-18-11-9-7-5-4-6-8-10-17-24/h19-22,24H,4-18H2,1-3H3. The molecule has 3 atom stereocenters. The highest BCUT2D eigenvalue weighted by atomic mass is 16.7. The third kappa shape index (κ3) is 11.6. The molecule has 0 spiro atoms. The van der Waals surface area contributed by atoms with E-state index in [0.717, 1.165) is 50.9 Å². The van der Waals surface area contributed by atoms with Gasteiger partial charge in [-0.15, -0.1) is 0 Å². The van der Waals surface area contributed by atoms with Gasteiger partial charge in [0.25, 0.3) is 0 Å². The molecule has 0 aromatic rings. The van der Waals surface area contributed by atoms with Crippen molar-refractivity contribution in [3.63, 3.8) is 0 Å². The van der Waals surface area contributed by atoms with Gasteiger partial charge < -0.3 is 14.6 Å². The Morgan fingerprint density at radius 1 is 0.926 bits per heavy atom. The van der Waals surface area contributed by atoms with Crippen molar-refractivity contribution in [3.8, 4) is 0 Å². The lowest BCUT2D eigenvalue weighted by molar-refractivity contribution is -0.0182. The summed E-state index contributed by atoms with van der Waals surface area (Å²) in [5.74, 6) is 1.77. The smallest absolute Gasteiger partial charge is 0.434 e. The fourth-order valence-electron chi connectivity index (χ4n) is 4.19. The van der Waals surface area contributed by atoms with Crippen LogP contribution >= 0.6 is 0 Å². The minimum absolute atomic E-state index is 0.0175. The van der Waals surface area contributed by atoms with Crippen LogP contribution in [0.2, 0.25) is 0 Å². The van der Waals surface area contributed by atoms with Crippen molar-refractivity contribution in [3.05, 3.63) is 0 Å². The molecule has 4 heteroatoms. The molecule has 0 aromatic heterocycles. The van der Waals surface area contributed by atoms with Crippen LogP contribution in [0, 0.1) is 17.8 Å². The maximum atomic E-state index is 12.1. The molecule has 3 unspecified atom stereocenters. The van der Waals surface area contributed by atoms with Crippen LogP contribution in [0.25, 0.3) is 0 Å². The first-order valence-electron chi connectivity index (χ1n) is 11.5. The molecule has 1 aliphatic carbocycles. The molecule has 0 aliphatic heterocycles. The topological polar surface area (TPSA) is 55.8 Å². The summed E-state index contributed by atoms with van der Waals surface area (Å²) < 4.78 is 11.1. The molecule has 1 N–H and O–H groups in total. The highest BCUT2D eigenvalue weighted by molar-refractivity contribution is 5.60. The number of unbranched alkanes of at least 4 members (excludes halogenated alkanes) is 7. The first-order chi connectivity index (χ1) is 13.0. The van der Waals surface area contributed by atoms with Gasteiger partial charge in [0.05, 0.1) is 6.61 Å². The third-order valence-corrected chi connectivity index (χ3v) is 6.03. The Morgan fingerprint density at radius 2 is 1.56 bits per heavy atom. The fourth-order valence-corrected chi connectivity index (χ4v) is 4.19. The van der Waals surface area contributed by atoms with Gasteiger partial charge in [-0.05, 0) is 49.9 Å². The van der Waals surface area contributed by atoms with Crippen LogP contribution in [0.15, 0.2) is 0 Å². The Hall–Kier alpha value is -0.770. The number of hydrogen-bond donors (Lipinski definition) is 1. The molecular weight excluding hydrogens is 340 g/mol. The summed E-state index contributed by atoms with van der Waals surface area (Å²) in [4.78, 5) is 12.1. The highest BCUT2D eigenvalue weighted by Crippen LogP contribution is 2.32. The predicted molar refractivity (Wildman–Crippen MR) is 111 cm³/mol. The van der Waals surface area contributed by atoms with Gasteiger partial charge in [-0.3, -0.25) is 0 Å². The van der Waals surface area contributed by atoms with E-state index in [1.807, 2.05) is 0 Å². The van der Waals surface area contributed by atoms with Crippen LogP contribution in [0.3, 0.4) is 0 Å². The van der Waals surface area contributed by atoms with Crippen molar-refractivity contribution in [1.82, 2.24) is 0 Å². The van der Waals surface area contributed by atoms with E-state index >= 15 is 0 Å². The summed E-state index contributed by atoms with van der Waals surface area (Å²) in [6.45, 7) is 7.59. The number of rotatable bonds is 12. The van der Waals surface area contributed by atoms with Crippen LogP contribution in [-0.4, -0.2) is 30.6 Å². The van der Waals surface area contributed by atoms with E-state index in [2.05, 4.69) is 20.8 Å². The zero-order valence-electron chi connectivity index (χ0n) is 18.1. The lowest BCUT2D eigenvalue weighted by Gasteiger charge is -2.32.